The summed E-state index contributed by atoms with van der Waals surface area (Å²) in [5.41, 5.74) is 1.62. The lowest BCUT2D eigenvalue weighted by atomic mass is 9.83. The molecule has 3 heterocycles. The van der Waals surface area contributed by atoms with Gasteiger partial charge in [0.05, 0.1) is 24.5 Å². The van der Waals surface area contributed by atoms with Gasteiger partial charge in [0.2, 0.25) is 11.8 Å². The smallest absolute Gasteiger partial charge is 0.234 e. The standard InChI is InChI=1S/C22H24N4O3S/c27-20(23-12-15-10-19(29-25-15)14-6-2-1-3-7-14)11-16-13-30-22-24-18-9-5-4-8-17(18)21(28)26(16)22/h1-3,6-7,10,16-18H,4-5,8-9,11-13H2,(H,23,27). The van der Waals surface area contributed by atoms with E-state index in [2.05, 4.69) is 10.5 Å². The number of aromatic nitrogens is 1. The van der Waals surface area contributed by atoms with Crippen LogP contribution in [0.4, 0.5) is 0 Å². The van der Waals surface area contributed by atoms with Crippen LogP contribution in [-0.2, 0) is 16.1 Å². The fraction of sp³-hybridized carbons (Fsp3) is 0.455. The molecular formula is C22H24N4O3S. The lowest BCUT2D eigenvalue weighted by Gasteiger charge is -2.37. The number of amidine groups is 1. The first-order valence-corrected chi connectivity index (χ1v) is 11.5. The second kappa shape index (κ2) is 8.26. The highest BCUT2D eigenvalue weighted by molar-refractivity contribution is 8.14. The molecule has 156 valence electrons. The zero-order valence-corrected chi connectivity index (χ0v) is 17.4. The number of thioether (sulfide) groups is 1. The largest absolute Gasteiger partial charge is 0.356 e. The van der Waals surface area contributed by atoms with Gasteiger partial charge in [-0.3, -0.25) is 19.5 Å². The van der Waals surface area contributed by atoms with Gasteiger partial charge in [0.15, 0.2) is 10.9 Å². The van der Waals surface area contributed by atoms with Crippen molar-refractivity contribution in [1.82, 2.24) is 15.4 Å². The molecule has 7 nitrogen and oxygen atoms in total. The quantitative estimate of drug-likeness (QED) is 0.796. The van der Waals surface area contributed by atoms with Crippen LogP contribution in [0.25, 0.3) is 11.3 Å². The molecule has 1 N–H and O–H groups in total. The number of fused-ring (bicyclic) bond motifs is 2. The summed E-state index contributed by atoms with van der Waals surface area (Å²) in [6.45, 7) is 0.300. The number of carbonyl (C=O) groups is 2. The van der Waals surface area contributed by atoms with Crippen molar-refractivity contribution >= 4 is 28.7 Å². The van der Waals surface area contributed by atoms with E-state index in [1.54, 1.807) is 16.7 Å². The number of rotatable bonds is 5. The van der Waals surface area contributed by atoms with Crippen LogP contribution in [0, 0.1) is 5.92 Å². The number of aliphatic imine (C=N–C) groups is 1. The van der Waals surface area contributed by atoms with Crippen molar-refractivity contribution in [1.29, 1.82) is 0 Å². The summed E-state index contributed by atoms with van der Waals surface area (Å²) in [4.78, 5) is 32.2. The van der Waals surface area contributed by atoms with E-state index in [1.165, 1.54) is 0 Å². The Labute approximate surface area is 179 Å². The first kappa shape index (κ1) is 19.4. The van der Waals surface area contributed by atoms with E-state index in [9.17, 15) is 9.59 Å². The maximum absolute atomic E-state index is 13.0. The van der Waals surface area contributed by atoms with Crippen LogP contribution in [0.2, 0.25) is 0 Å². The minimum Gasteiger partial charge on any atom is -0.356 e. The van der Waals surface area contributed by atoms with Gasteiger partial charge in [-0.15, -0.1) is 0 Å². The van der Waals surface area contributed by atoms with E-state index >= 15 is 0 Å². The van der Waals surface area contributed by atoms with E-state index in [0.29, 0.717) is 18.0 Å². The summed E-state index contributed by atoms with van der Waals surface area (Å²) in [6.07, 6.45) is 4.43. The molecule has 1 saturated heterocycles. The Morgan fingerprint density at radius 3 is 2.93 bits per heavy atom. The number of nitrogens with zero attached hydrogens (tertiary/aromatic N) is 3. The van der Waals surface area contributed by atoms with Crippen LogP contribution in [0.5, 0.6) is 0 Å². The third-order valence-electron chi connectivity index (χ3n) is 6.04. The molecule has 30 heavy (non-hydrogen) atoms. The van der Waals surface area contributed by atoms with Gasteiger partial charge < -0.3 is 9.84 Å². The van der Waals surface area contributed by atoms with Crippen LogP contribution in [0.15, 0.2) is 45.9 Å². The van der Waals surface area contributed by atoms with Gasteiger partial charge in [-0.2, -0.15) is 0 Å². The van der Waals surface area contributed by atoms with Gasteiger partial charge in [0.25, 0.3) is 0 Å². The van der Waals surface area contributed by atoms with E-state index < -0.39 is 0 Å². The SMILES string of the molecule is O=C(CC1CSC2=NC3CCCCC3C(=O)N21)NCc1cc(-c2ccccc2)on1. The Kier molecular flexibility index (Phi) is 5.33. The molecule has 0 spiro atoms. The van der Waals surface area contributed by atoms with Gasteiger partial charge in [0.1, 0.15) is 5.69 Å². The molecule has 2 aliphatic heterocycles. The number of carbonyl (C=O) groups excluding carboxylic acids is 2. The van der Waals surface area contributed by atoms with E-state index in [-0.39, 0.29) is 36.2 Å². The summed E-state index contributed by atoms with van der Waals surface area (Å²) in [6, 6.07) is 11.6. The number of nitrogens with one attached hydrogen (secondary N) is 1. The van der Waals surface area contributed by atoms with E-state index in [1.807, 2.05) is 36.4 Å². The number of hydrogen-bond donors (Lipinski definition) is 1. The second-order valence-corrected chi connectivity index (χ2v) is 9.06. The molecular weight excluding hydrogens is 400 g/mol. The summed E-state index contributed by atoms with van der Waals surface area (Å²) in [7, 11) is 0. The van der Waals surface area contributed by atoms with E-state index in [0.717, 1.165) is 42.2 Å². The minimum atomic E-state index is -0.124. The summed E-state index contributed by atoms with van der Waals surface area (Å²) < 4.78 is 5.38. The van der Waals surface area contributed by atoms with Crippen molar-refractivity contribution in [3.8, 4) is 11.3 Å². The Morgan fingerprint density at radius 1 is 1.23 bits per heavy atom. The fourth-order valence-electron chi connectivity index (χ4n) is 4.48. The second-order valence-electron chi connectivity index (χ2n) is 8.07. The first-order chi connectivity index (χ1) is 14.7. The molecule has 3 unspecified atom stereocenters. The van der Waals surface area contributed by atoms with Crippen molar-refractivity contribution in [3.05, 3.63) is 42.1 Å². The highest BCUT2D eigenvalue weighted by atomic mass is 32.2. The topological polar surface area (TPSA) is 87.8 Å². The van der Waals surface area contributed by atoms with Crippen molar-refractivity contribution < 1.29 is 14.1 Å². The molecule has 8 heteroatoms. The molecule has 2 amide bonds. The molecule has 1 aromatic carbocycles. The van der Waals surface area contributed by atoms with Crippen LogP contribution in [-0.4, -0.2) is 44.9 Å². The molecule has 1 aliphatic carbocycles. The zero-order chi connectivity index (χ0) is 20.5. The van der Waals surface area contributed by atoms with Gasteiger partial charge >= 0.3 is 0 Å². The highest BCUT2D eigenvalue weighted by Gasteiger charge is 2.45. The summed E-state index contributed by atoms with van der Waals surface area (Å²) in [5.74, 6) is 1.47. The third kappa shape index (κ3) is 3.76. The summed E-state index contributed by atoms with van der Waals surface area (Å²) in [5, 5.41) is 7.76. The van der Waals surface area contributed by atoms with Crippen molar-refractivity contribution in [3.63, 3.8) is 0 Å². The fourth-order valence-corrected chi connectivity index (χ4v) is 5.67. The average molecular weight is 425 g/mol. The monoisotopic (exact) mass is 424 g/mol. The van der Waals surface area contributed by atoms with Crippen LogP contribution in [0.1, 0.15) is 37.8 Å². The Morgan fingerprint density at radius 2 is 2.07 bits per heavy atom. The minimum absolute atomic E-state index is 0.00157. The molecule has 1 aromatic heterocycles. The molecule has 3 aliphatic rings. The van der Waals surface area contributed by atoms with Crippen LogP contribution < -0.4 is 5.32 Å². The van der Waals surface area contributed by atoms with Crippen molar-refractivity contribution in [2.75, 3.05) is 5.75 Å². The third-order valence-corrected chi connectivity index (χ3v) is 7.15. The van der Waals surface area contributed by atoms with E-state index in [4.69, 9.17) is 9.52 Å². The Hall–Kier alpha value is -2.61. The Balaban J connectivity index is 1.18. The lowest BCUT2D eigenvalue weighted by molar-refractivity contribution is -0.135. The molecule has 2 aromatic rings. The normalized spacial score (nSPS) is 25.5. The molecule has 0 bridgehead atoms. The maximum Gasteiger partial charge on any atom is 0.234 e. The average Bonchev–Trinajstić information content (AvgIpc) is 3.41. The predicted molar refractivity (Wildman–Crippen MR) is 115 cm³/mol. The summed E-state index contributed by atoms with van der Waals surface area (Å²) >= 11 is 1.60. The number of benzene rings is 1. The molecule has 3 atom stereocenters. The van der Waals surface area contributed by atoms with Crippen molar-refractivity contribution in [2.45, 2.75) is 50.7 Å². The molecule has 5 rings (SSSR count). The predicted octanol–water partition coefficient (Wildman–Crippen LogP) is 3.22. The lowest BCUT2D eigenvalue weighted by Crippen LogP contribution is -2.51. The Bertz CT molecular complexity index is 974. The number of amides is 2. The highest BCUT2D eigenvalue weighted by Crippen LogP contribution is 2.38. The van der Waals surface area contributed by atoms with Crippen LogP contribution >= 0.6 is 11.8 Å². The van der Waals surface area contributed by atoms with Gasteiger partial charge in [0, 0.05) is 23.8 Å². The zero-order valence-electron chi connectivity index (χ0n) is 16.6. The van der Waals surface area contributed by atoms with Crippen molar-refractivity contribution in [2.24, 2.45) is 10.9 Å². The first-order valence-electron chi connectivity index (χ1n) is 10.5. The molecule has 0 radical (unpaired) electrons. The number of hydrogen-bond acceptors (Lipinski definition) is 6. The van der Waals surface area contributed by atoms with Gasteiger partial charge in [-0.25, -0.2) is 0 Å². The van der Waals surface area contributed by atoms with Gasteiger partial charge in [-0.05, 0) is 12.8 Å². The maximum atomic E-state index is 13.0. The van der Waals surface area contributed by atoms with Crippen LogP contribution in [0.3, 0.4) is 0 Å². The molecule has 2 fully saturated rings. The van der Waals surface area contributed by atoms with Gasteiger partial charge in [-0.1, -0.05) is 60.1 Å². The molecule has 1 saturated carbocycles.